The fourth-order valence-corrected chi connectivity index (χ4v) is 4.29. The number of ether oxygens (including phenoxy) is 2. The summed E-state index contributed by atoms with van der Waals surface area (Å²) in [6, 6.07) is 12.5. The van der Waals surface area contributed by atoms with Crippen LogP contribution in [-0.4, -0.2) is 40.4 Å². The van der Waals surface area contributed by atoms with Gasteiger partial charge in [0.05, 0.1) is 11.5 Å². The second-order valence-corrected chi connectivity index (χ2v) is 9.25. The second-order valence-electron chi connectivity index (χ2n) is 7.63. The summed E-state index contributed by atoms with van der Waals surface area (Å²) < 4.78 is 82.0. The Morgan fingerprint density at radius 3 is 2.09 bits per heavy atom. The van der Waals surface area contributed by atoms with E-state index in [0.717, 1.165) is 24.8 Å². The van der Waals surface area contributed by atoms with Crippen molar-refractivity contribution in [2.45, 2.75) is 50.0 Å². The molecule has 0 heterocycles. The molecule has 0 spiro atoms. The number of halogens is 3. The number of aryl methyl sites for hydroxylation is 1. The first-order valence-electron chi connectivity index (χ1n) is 10.2. The van der Waals surface area contributed by atoms with E-state index >= 15 is 0 Å². The average Bonchev–Trinajstić information content (AvgIpc) is 2.76. The monoisotopic (exact) mass is 488 g/mol. The van der Waals surface area contributed by atoms with Crippen LogP contribution in [0.25, 0.3) is 0 Å². The van der Waals surface area contributed by atoms with Gasteiger partial charge < -0.3 is 9.47 Å². The molecular formula is C23H27F3O6S. The lowest BCUT2D eigenvalue weighted by molar-refractivity contribution is -0.279. The quantitative estimate of drug-likeness (QED) is 0.354. The summed E-state index contributed by atoms with van der Waals surface area (Å²) in [5.41, 5.74) is -2.88. The lowest BCUT2D eigenvalue weighted by Crippen LogP contribution is -2.53. The minimum absolute atomic E-state index is 0.0510. The maximum absolute atomic E-state index is 14.1. The van der Waals surface area contributed by atoms with E-state index in [1.807, 2.05) is 0 Å². The van der Waals surface area contributed by atoms with Gasteiger partial charge in [0.2, 0.25) is 0 Å². The van der Waals surface area contributed by atoms with E-state index in [-0.39, 0.29) is 17.9 Å². The topological polar surface area (TPSA) is 78.9 Å². The van der Waals surface area contributed by atoms with E-state index in [9.17, 15) is 26.4 Å². The van der Waals surface area contributed by atoms with Crippen molar-refractivity contribution in [3.05, 3.63) is 65.7 Å². The number of methoxy groups -OCH3 is 1. The highest BCUT2D eigenvalue weighted by Crippen LogP contribution is 2.43. The highest BCUT2D eigenvalue weighted by Gasteiger charge is 2.64. The Morgan fingerprint density at radius 1 is 1.03 bits per heavy atom. The fraction of sp³-hybridized carbons (Fsp3) is 0.435. The molecule has 0 aliphatic heterocycles. The molecule has 0 fully saturated rings. The van der Waals surface area contributed by atoms with E-state index < -0.39 is 45.5 Å². The SMILES string of the molecule is CC[C@H](OC(=O)[C@](OC)(c1ccccc1)C(F)(F)F)[C@@H](C)COS(=O)(=O)c1ccc(C)cc1. The van der Waals surface area contributed by atoms with Gasteiger partial charge >= 0.3 is 12.1 Å². The van der Waals surface area contributed by atoms with Crippen molar-refractivity contribution in [1.29, 1.82) is 0 Å². The number of alkyl halides is 3. The molecule has 0 saturated carbocycles. The third-order valence-corrected chi connectivity index (χ3v) is 6.56. The molecule has 3 atom stereocenters. The first-order chi connectivity index (χ1) is 15.4. The van der Waals surface area contributed by atoms with Gasteiger partial charge in [0.25, 0.3) is 15.7 Å². The van der Waals surface area contributed by atoms with Crippen LogP contribution in [0, 0.1) is 12.8 Å². The first kappa shape index (κ1) is 26.8. The number of carbonyl (C=O) groups is 1. The van der Waals surface area contributed by atoms with Crippen LogP contribution in [0.3, 0.4) is 0 Å². The van der Waals surface area contributed by atoms with E-state index in [0.29, 0.717) is 0 Å². The predicted octanol–water partition coefficient (Wildman–Crippen LogP) is 4.76. The minimum atomic E-state index is -5.10. The van der Waals surface area contributed by atoms with Crippen molar-refractivity contribution >= 4 is 16.1 Å². The van der Waals surface area contributed by atoms with E-state index in [4.69, 9.17) is 13.7 Å². The van der Waals surface area contributed by atoms with Gasteiger partial charge in [-0.2, -0.15) is 21.6 Å². The van der Waals surface area contributed by atoms with Crippen LogP contribution in [-0.2, 0) is 34.2 Å². The number of esters is 1. The normalized spacial score (nSPS) is 16.0. The third-order valence-electron chi connectivity index (χ3n) is 5.26. The van der Waals surface area contributed by atoms with Gasteiger partial charge in [-0.15, -0.1) is 0 Å². The summed E-state index contributed by atoms with van der Waals surface area (Å²) in [5, 5.41) is 0. The molecule has 0 N–H and O–H groups in total. The zero-order valence-corrected chi connectivity index (χ0v) is 19.6. The number of hydrogen-bond acceptors (Lipinski definition) is 6. The third kappa shape index (κ3) is 5.93. The van der Waals surface area contributed by atoms with Crippen molar-refractivity contribution in [3.8, 4) is 0 Å². The van der Waals surface area contributed by atoms with Crippen molar-refractivity contribution in [2.24, 2.45) is 5.92 Å². The van der Waals surface area contributed by atoms with E-state index in [2.05, 4.69) is 0 Å². The standard InChI is InChI=1S/C23H27F3O6S/c1-5-20(17(3)15-31-33(28,29)19-13-11-16(2)12-14-19)32-21(27)22(30-4,23(24,25)26)18-9-7-6-8-10-18/h6-14,17,20H,5,15H2,1-4H3/t17-,20-,22+/m0/s1. The van der Waals surface area contributed by atoms with Crippen LogP contribution in [0.4, 0.5) is 13.2 Å². The molecular weight excluding hydrogens is 461 g/mol. The molecule has 0 amide bonds. The first-order valence-corrected chi connectivity index (χ1v) is 11.6. The molecule has 10 heteroatoms. The van der Waals surface area contributed by atoms with Gasteiger partial charge in [-0.3, -0.25) is 4.18 Å². The zero-order chi connectivity index (χ0) is 24.9. The maximum atomic E-state index is 14.1. The predicted molar refractivity (Wildman–Crippen MR) is 115 cm³/mol. The van der Waals surface area contributed by atoms with Crippen LogP contribution in [0.1, 0.15) is 31.4 Å². The Hall–Kier alpha value is -2.43. The summed E-state index contributed by atoms with van der Waals surface area (Å²) >= 11 is 0. The second kappa shape index (κ2) is 10.7. The van der Waals surface area contributed by atoms with Crippen LogP contribution in [0.15, 0.2) is 59.5 Å². The number of rotatable bonds is 10. The largest absolute Gasteiger partial charge is 0.459 e. The van der Waals surface area contributed by atoms with Crippen LogP contribution < -0.4 is 0 Å². The number of hydrogen-bond donors (Lipinski definition) is 0. The van der Waals surface area contributed by atoms with E-state index in [1.54, 1.807) is 26.0 Å². The maximum Gasteiger partial charge on any atom is 0.432 e. The highest BCUT2D eigenvalue weighted by molar-refractivity contribution is 7.86. The van der Waals surface area contributed by atoms with Crippen LogP contribution >= 0.6 is 0 Å². The van der Waals surface area contributed by atoms with Crippen molar-refractivity contribution < 1.29 is 40.0 Å². The summed E-state index contributed by atoms with van der Waals surface area (Å²) in [7, 11) is -3.31. The molecule has 0 saturated heterocycles. The molecule has 182 valence electrons. The molecule has 0 bridgehead atoms. The summed E-state index contributed by atoms with van der Waals surface area (Å²) in [4.78, 5) is 12.8. The Balaban J connectivity index is 2.20. The number of carbonyl (C=O) groups excluding carboxylic acids is 1. The smallest absolute Gasteiger partial charge is 0.432 e. The van der Waals surface area contributed by atoms with Gasteiger partial charge in [-0.25, -0.2) is 4.79 Å². The molecule has 2 aromatic rings. The summed E-state index contributed by atoms with van der Waals surface area (Å²) in [5.74, 6) is -2.36. The van der Waals surface area contributed by atoms with Gasteiger partial charge in [-0.05, 0) is 25.5 Å². The molecule has 6 nitrogen and oxygen atoms in total. The van der Waals surface area contributed by atoms with Crippen LogP contribution in [0.5, 0.6) is 0 Å². The lowest BCUT2D eigenvalue weighted by atomic mass is 9.92. The summed E-state index contributed by atoms with van der Waals surface area (Å²) in [6.07, 6.45) is -6.02. The summed E-state index contributed by atoms with van der Waals surface area (Å²) in [6.45, 7) is 4.54. The Bertz CT molecular complexity index is 1020. The Kier molecular flexibility index (Phi) is 8.67. The Labute approximate surface area is 191 Å². The van der Waals surface area contributed by atoms with Gasteiger partial charge in [0, 0.05) is 18.6 Å². The Morgan fingerprint density at radius 2 is 1.61 bits per heavy atom. The van der Waals surface area contributed by atoms with Gasteiger partial charge in [-0.1, -0.05) is 61.9 Å². The molecule has 2 aromatic carbocycles. The molecule has 2 rings (SSSR count). The minimum Gasteiger partial charge on any atom is -0.459 e. The van der Waals surface area contributed by atoms with Crippen LogP contribution in [0.2, 0.25) is 0 Å². The molecule has 0 aromatic heterocycles. The highest BCUT2D eigenvalue weighted by atomic mass is 32.2. The van der Waals surface area contributed by atoms with Crippen molar-refractivity contribution in [3.63, 3.8) is 0 Å². The molecule has 33 heavy (non-hydrogen) atoms. The molecule has 0 aliphatic carbocycles. The number of benzene rings is 2. The van der Waals surface area contributed by atoms with Gasteiger partial charge in [0.1, 0.15) is 6.10 Å². The van der Waals surface area contributed by atoms with Crippen molar-refractivity contribution in [1.82, 2.24) is 0 Å². The molecule has 0 aliphatic rings. The lowest BCUT2D eigenvalue weighted by Gasteiger charge is -2.34. The van der Waals surface area contributed by atoms with E-state index in [1.165, 1.54) is 37.3 Å². The zero-order valence-electron chi connectivity index (χ0n) is 18.8. The average molecular weight is 489 g/mol. The molecule has 0 radical (unpaired) electrons. The molecule has 0 unspecified atom stereocenters. The van der Waals surface area contributed by atoms with Gasteiger partial charge in [0.15, 0.2) is 0 Å². The fourth-order valence-electron chi connectivity index (χ4n) is 3.29. The van der Waals surface area contributed by atoms with Crippen molar-refractivity contribution in [2.75, 3.05) is 13.7 Å².